The van der Waals surface area contributed by atoms with E-state index in [0.29, 0.717) is 11.3 Å². The summed E-state index contributed by atoms with van der Waals surface area (Å²) in [6.07, 6.45) is -0.147. The zero-order chi connectivity index (χ0) is 29.1. The standard InChI is InChI=1S/C20H15ClF3N5O8S2/c1-3-4-37-28-10(9-13(21)39-19(26-9)27-18(35)20(22,23)24)14(31)25-11-15(32)29-12(17(33)34)8(5-36-7(2)30)6-38-16(11)29/h1,11,16H,4-6H2,2H3,(H,25,31)(H,33,34)(H,26,27,35)/t11-,16-/m1/s1. The minimum atomic E-state index is -5.22. The molecule has 0 spiro atoms. The van der Waals surface area contributed by atoms with Gasteiger partial charge in [0.1, 0.15) is 33.7 Å². The molecule has 19 heteroatoms. The molecule has 1 fully saturated rings. The van der Waals surface area contributed by atoms with Gasteiger partial charge in [0.25, 0.3) is 11.8 Å². The second-order valence-corrected chi connectivity index (χ2v) is 10.1. The van der Waals surface area contributed by atoms with E-state index >= 15 is 0 Å². The van der Waals surface area contributed by atoms with Gasteiger partial charge in [-0.1, -0.05) is 34.0 Å². The predicted octanol–water partition coefficient (Wildman–Crippen LogP) is 0.953. The number of thioether (sulfide) groups is 1. The van der Waals surface area contributed by atoms with Crippen molar-refractivity contribution in [2.45, 2.75) is 24.5 Å². The highest BCUT2D eigenvalue weighted by Crippen LogP contribution is 2.40. The molecule has 13 nitrogen and oxygen atoms in total. The number of amides is 3. The van der Waals surface area contributed by atoms with Gasteiger partial charge in [-0.2, -0.15) is 13.2 Å². The van der Waals surface area contributed by atoms with Crippen LogP contribution in [0.25, 0.3) is 0 Å². The van der Waals surface area contributed by atoms with Crippen molar-refractivity contribution in [1.29, 1.82) is 0 Å². The Morgan fingerprint density at radius 3 is 2.64 bits per heavy atom. The van der Waals surface area contributed by atoms with Gasteiger partial charge in [-0.05, 0) is 0 Å². The summed E-state index contributed by atoms with van der Waals surface area (Å²) in [5.41, 5.74) is -1.39. The van der Waals surface area contributed by atoms with Gasteiger partial charge < -0.3 is 20.0 Å². The van der Waals surface area contributed by atoms with Crippen LogP contribution in [0.3, 0.4) is 0 Å². The first-order chi connectivity index (χ1) is 18.3. The maximum Gasteiger partial charge on any atom is 0.471 e. The predicted molar refractivity (Wildman–Crippen MR) is 129 cm³/mol. The van der Waals surface area contributed by atoms with Gasteiger partial charge in [0.05, 0.1) is 0 Å². The molecule has 0 bridgehead atoms. The third-order valence-corrected chi connectivity index (χ3v) is 7.30. The highest BCUT2D eigenvalue weighted by Gasteiger charge is 2.54. The number of alkyl halides is 3. The molecule has 208 valence electrons. The van der Waals surface area contributed by atoms with Crippen molar-refractivity contribution in [2.24, 2.45) is 5.16 Å². The number of hydrogen-bond donors (Lipinski definition) is 3. The van der Waals surface area contributed by atoms with Gasteiger partial charge in [0.15, 0.2) is 17.5 Å². The largest absolute Gasteiger partial charge is 0.477 e. The van der Waals surface area contributed by atoms with Crippen LogP contribution in [0, 0.1) is 12.3 Å². The first-order valence-electron chi connectivity index (χ1n) is 10.3. The number of esters is 1. The number of ether oxygens (including phenoxy) is 1. The number of nitrogens with zero attached hydrogens (tertiary/aromatic N) is 3. The number of hydrogen-bond acceptors (Lipinski definition) is 11. The number of fused-ring (bicyclic) bond motifs is 1. The Bertz CT molecular complexity index is 1340. The molecule has 0 unspecified atom stereocenters. The van der Waals surface area contributed by atoms with Crippen LogP contribution in [-0.2, 0) is 33.5 Å². The number of carbonyl (C=O) groups is 5. The third-order valence-electron chi connectivity index (χ3n) is 4.79. The molecule has 3 amide bonds. The minimum Gasteiger partial charge on any atom is -0.477 e. The summed E-state index contributed by atoms with van der Waals surface area (Å²) in [4.78, 5) is 69.5. The summed E-state index contributed by atoms with van der Waals surface area (Å²) in [6.45, 7) is 0.355. The van der Waals surface area contributed by atoms with Gasteiger partial charge in [-0.3, -0.25) is 29.4 Å². The molecule has 3 rings (SSSR count). The Morgan fingerprint density at radius 2 is 2.05 bits per heavy atom. The number of halogens is 4. The molecular formula is C20H15ClF3N5O8S2. The van der Waals surface area contributed by atoms with Crippen molar-refractivity contribution in [1.82, 2.24) is 15.2 Å². The van der Waals surface area contributed by atoms with Crippen molar-refractivity contribution < 1.29 is 51.8 Å². The van der Waals surface area contributed by atoms with Crippen molar-refractivity contribution in [3.8, 4) is 12.3 Å². The molecule has 2 aliphatic heterocycles. The smallest absolute Gasteiger partial charge is 0.471 e. The molecule has 0 radical (unpaired) electrons. The zero-order valence-electron chi connectivity index (χ0n) is 19.3. The second kappa shape index (κ2) is 11.9. The highest BCUT2D eigenvalue weighted by atomic mass is 35.5. The van der Waals surface area contributed by atoms with Crippen molar-refractivity contribution in [2.75, 3.05) is 24.3 Å². The molecule has 1 aromatic heterocycles. The number of nitrogens with one attached hydrogen (secondary N) is 2. The lowest BCUT2D eigenvalue weighted by atomic mass is 10.0. The van der Waals surface area contributed by atoms with Crippen molar-refractivity contribution in [3.05, 3.63) is 21.3 Å². The van der Waals surface area contributed by atoms with Crippen LogP contribution in [0.2, 0.25) is 4.34 Å². The second-order valence-electron chi connectivity index (χ2n) is 7.41. The van der Waals surface area contributed by atoms with Gasteiger partial charge >= 0.3 is 24.0 Å². The number of terminal acetylenes is 1. The molecule has 0 aromatic carbocycles. The normalized spacial score (nSPS) is 18.9. The van der Waals surface area contributed by atoms with Gasteiger partial charge in [0.2, 0.25) is 0 Å². The molecule has 2 aliphatic rings. The number of oxime groups is 1. The molecule has 39 heavy (non-hydrogen) atoms. The molecule has 2 atom stereocenters. The van der Waals surface area contributed by atoms with Gasteiger partial charge in [-0.25, -0.2) is 9.78 Å². The van der Waals surface area contributed by atoms with Crippen LogP contribution < -0.4 is 10.6 Å². The number of rotatable bonds is 9. The van der Waals surface area contributed by atoms with E-state index in [1.165, 1.54) is 5.32 Å². The fourth-order valence-corrected chi connectivity index (χ4v) is 5.56. The minimum absolute atomic E-state index is 0.0577. The van der Waals surface area contributed by atoms with E-state index in [9.17, 15) is 42.3 Å². The lowest BCUT2D eigenvalue weighted by Crippen LogP contribution is -2.71. The van der Waals surface area contributed by atoms with Crippen molar-refractivity contribution >= 4 is 75.2 Å². The monoisotopic (exact) mass is 609 g/mol. The quantitative estimate of drug-likeness (QED) is 0.0912. The van der Waals surface area contributed by atoms with Crippen LogP contribution in [0.1, 0.15) is 12.6 Å². The first-order valence-corrected chi connectivity index (χ1v) is 12.5. The number of β-lactam (4-membered cyclic amide) rings is 1. The van der Waals surface area contributed by atoms with E-state index in [-0.39, 0.29) is 22.3 Å². The van der Waals surface area contributed by atoms with Gasteiger partial charge in [-0.15, -0.1) is 18.2 Å². The Labute approximate surface area is 229 Å². The third kappa shape index (κ3) is 6.61. The summed E-state index contributed by atoms with van der Waals surface area (Å²) < 4.78 is 42.2. The Balaban J connectivity index is 1.83. The van der Waals surface area contributed by atoms with E-state index in [1.807, 2.05) is 0 Å². The maximum atomic E-state index is 13.1. The van der Waals surface area contributed by atoms with Crippen LogP contribution in [0.4, 0.5) is 18.3 Å². The number of anilines is 1. The number of aromatic nitrogens is 1. The first kappa shape index (κ1) is 29.7. The maximum absolute atomic E-state index is 13.1. The summed E-state index contributed by atoms with van der Waals surface area (Å²) in [7, 11) is 0. The van der Waals surface area contributed by atoms with Crippen LogP contribution >= 0.6 is 34.7 Å². The van der Waals surface area contributed by atoms with E-state index in [1.54, 1.807) is 0 Å². The van der Waals surface area contributed by atoms with Crippen molar-refractivity contribution in [3.63, 3.8) is 0 Å². The summed E-state index contributed by atoms with van der Waals surface area (Å²) >= 11 is 7.49. The fourth-order valence-electron chi connectivity index (χ4n) is 3.19. The molecule has 1 saturated heterocycles. The molecule has 1 aromatic rings. The number of carboxylic acid groups (broad SMARTS) is 1. The van der Waals surface area contributed by atoms with Crippen LogP contribution in [-0.4, -0.2) is 86.9 Å². The average molecular weight is 610 g/mol. The van der Waals surface area contributed by atoms with E-state index in [2.05, 4.69) is 21.4 Å². The summed E-state index contributed by atoms with van der Waals surface area (Å²) in [6, 6.07) is -1.26. The average Bonchev–Trinajstić information content (AvgIpc) is 3.21. The van der Waals surface area contributed by atoms with Gasteiger partial charge in [0, 0.05) is 18.2 Å². The molecule has 0 saturated carbocycles. The summed E-state index contributed by atoms with van der Waals surface area (Å²) in [5.74, 6) is -4.24. The molecule has 0 aliphatic carbocycles. The Morgan fingerprint density at radius 1 is 1.36 bits per heavy atom. The number of carbonyl (C=O) groups excluding carboxylic acids is 4. The molecule has 3 N–H and O–H groups in total. The molecule has 3 heterocycles. The van der Waals surface area contributed by atoms with E-state index in [0.717, 1.165) is 23.6 Å². The highest BCUT2D eigenvalue weighted by molar-refractivity contribution is 8.00. The summed E-state index contributed by atoms with van der Waals surface area (Å²) in [5, 5.41) is 15.5. The zero-order valence-corrected chi connectivity index (χ0v) is 21.7. The van der Waals surface area contributed by atoms with Crippen LogP contribution in [0.15, 0.2) is 16.4 Å². The SMILES string of the molecule is C#CCON=C(C(=O)N[C@@H]1C(=O)N2C(C(=O)O)=C(COC(C)=O)CS[C@H]12)c1nc(NC(=O)C(F)(F)F)sc1Cl. The lowest BCUT2D eigenvalue weighted by Gasteiger charge is -2.49. The number of aliphatic carboxylic acids is 1. The number of carboxylic acids is 1. The topological polar surface area (TPSA) is 177 Å². The fraction of sp³-hybridized carbons (Fsp3) is 0.350. The Kier molecular flexibility index (Phi) is 9.09. The number of thiazole rings is 1. The van der Waals surface area contributed by atoms with Crippen LogP contribution in [0.5, 0.6) is 0 Å². The van der Waals surface area contributed by atoms with E-state index in [4.69, 9.17) is 27.6 Å². The van der Waals surface area contributed by atoms with E-state index < -0.39 is 76.1 Å². The molecular weight excluding hydrogens is 595 g/mol. The Hall–Kier alpha value is -3.82. The lowest BCUT2D eigenvalue weighted by molar-refractivity contribution is -0.167.